The Morgan fingerprint density at radius 3 is 2.47 bits per heavy atom. The van der Waals surface area contributed by atoms with Crippen LogP contribution in [0.25, 0.3) is 0 Å². The fourth-order valence-corrected chi connectivity index (χ4v) is 2.70. The second kappa shape index (κ2) is 5.64. The minimum Gasteiger partial charge on any atom is -0.373 e. The second-order valence-electron chi connectivity index (χ2n) is 4.50. The molecule has 3 nitrogen and oxygen atoms in total. The highest BCUT2D eigenvalue weighted by molar-refractivity contribution is 5.12. The van der Waals surface area contributed by atoms with Crippen molar-refractivity contribution in [2.75, 3.05) is 6.61 Å². The van der Waals surface area contributed by atoms with Crippen LogP contribution in [0.3, 0.4) is 0 Å². The van der Waals surface area contributed by atoms with Crippen LogP contribution in [0.2, 0.25) is 0 Å². The largest absolute Gasteiger partial charge is 0.373 e. The Labute approximate surface area is 93.0 Å². The van der Waals surface area contributed by atoms with Crippen molar-refractivity contribution in [2.45, 2.75) is 57.6 Å². The van der Waals surface area contributed by atoms with Crippen LogP contribution in [0.1, 0.15) is 46.0 Å². The average Bonchev–Trinajstić information content (AvgIpc) is 2.19. The number of hydrogen-bond donors (Lipinski definition) is 2. The summed E-state index contributed by atoms with van der Waals surface area (Å²) in [5.74, 6) is 5.63. The third kappa shape index (κ3) is 2.80. The topological polar surface area (TPSA) is 47.3 Å². The Kier molecular flexibility index (Phi) is 4.77. The maximum Gasteiger partial charge on any atom is 0.0885 e. The lowest BCUT2D eigenvalue weighted by Crippen LogP contribution is -2.56. The van der Waals surface area contributed by atoms with Crippen molar-refractivity contribution in [3.8, 4) is 0 Å². The van der Waals surface area contributed by atoms with Crippen molar-refractivity contribution < 1.29 is 4.74 Å². The molecular weight excluding hydrogens is 188 g/mol. The standard InChI is InChI=1S/C12H24N2O/c1-4-15-12(8-6-5-7-9-12)11(14-13)10(2)3/h11,14H,2,4-9,13H2,1,3H3. The van der Waals surface area contributed by atoms with Gasteiger partial charge in [0, 0.05) is 6.61 Å². The molecule has 1 aliphatic carbocycles. The van der Waals surface area contributed by atoms with Crippen molar-refractivity contribution in [3.63, 3.8) is 0 Å². The Bertz CT molecular complexity index is 204. The predicted molar refractivity (Wildman–Crippen MR) is 63.4 cm³/mol. The van der Waals surface area contributed by atoms with Crippen LogP contribution in [0, 0.1) is 0 Å². The molecule has 0 aromatic rings. The van der Waals surface area contributed by atoms with Gasteiger partial charge in [-0.1, -0.05) is 31.4 Å². The SMILES string of the molecule is C=C(C)C(NN)C1(OCC)CCCCC1. The van der Waals surface area contributed by atoms with E-state index in [1.54, 1.807) is 0 Å². The molecule has 1 atom stereocenters. The summed E-state index contributed by atoms with van der Waals surface area (Å²) < 4.78 is 5.98. The first-order valence-corrected chi connectivity index (χ1v) is 5.92. The van der Waals surface area contributed by atoms with E-state index in [-0.39, 0.29) is 11.6 Å². The van der Waals surface area contributed by atoms with Gasteiger partial charge in [0.15, 0.2) is 0 Å². The molecule has 1 rings (SSSR count). The molecule has 0 heterocycles. The molecule has 1 fully saturated rings. The minimum atomic E-state index is -0.117. The number of ether oxygens (including phenoxy) is 1. The van der Waals surface area contributed by atoms with Crippen LogP contribution < -0.4 is 11.3 Å². The fourth-order valence-electron chi connectivity index (χ4n) is 2.70. The Morgan fingerprint density at radius 1 is 1.47 bits per heavy atom. The molecule has 0 bridgehead atoms. The highest BCUT2D eigenvalue weighted by Gasteiger charge is 2.40. The molecular formula is C12H24N2O. The van der Waals surface area contributed by atoms with Gasteiger partial charge in [0.1, 0.15) is 0 Å². The first-order chi connectivity index (χ1) is 7.16. The molecule has 0 aromatic carbocycles. The number of hydrogen-bond acceptors (Lipinski definition) is 3. The Hall–Kier alpha value is -0.380. The van der Waals surface area contributed by atoms with E-state index in [9.17, 15) is 0 Å². The second-order valence-corrected chi connectivity index (χ2v) is 4.50. The van der Waals surface area contributed by atoms with Gasteiger partial charge in [-0.25, -0.2) is 0 Å². The fraction of sp³-hybridized carbons (Fsp3) is 0.833. The van der Waals surface area contributed by atoms with Crippen LogP contribution >= 0.6 is 0 Å². The average molecular weight is 212 g/mol. The Morgan fingerprint density at radius 2 is 2.07 bits per heavy atom. The lowest BCUT2D eigenvalue weighted by molar-refractivity contribution is -0.0818. The van der Waals surface area contributed by atoms with E-state index in [4.69, 9.17) is 10.6 Å². The van der Waals surface area contributed by atoms with Crippen LogP contribution in [0.4, 0.5) is 0 Å². The molecule has 88 valence electrons. The highest BCUT2D eigenvalue weighted by Crippen LogP contribution is 2.36. The van der Waals surface area contributed by atoms with Crippen molar-refractivity contribution in [3.05, 3.63) is 12.2 Å². The zero-order valence-corrected chi connectivity index (χ0v) is 10.0. The summed E-state index contributed by atoms with van der Waals surface area (Å²) in [7, 11) is 0. The first kappa shape index (κ1) is 12.7. The molecule has 0 amide bonds. The molecule has 3 heteroatoms. The Balaban J connectivity index is 2.81. The lowest BCUT2D eigenvalue weighted by Gasteiger charge is -2.43. The molecule has 1 saturated carbocycles. The minimum absolute atomic E-state index is 0.0812. The highest BCUT2D eigenvalue weighted by atomic mass is 16.5. The molecule has 1 unspecified atom stereocenters. The molecule has 3 N–H and O–H groups in total. The number of hydrazine groups is 1. The van der Waals surface area contributed by atoms with E-state index in [2.05, 4.69) is 12.0 Å². The molecule has 15 heavy (non-hydrogen) atoms. The van der Waals surface area contributed by atoms with E-state index < -0.39 is 0 Å². The zero-order chi connectivity index (χ0) is 11.3. The molecule has 0 aliphatic heterocycles. The molecule has 1 aliphatic rings. The maximum atomic E-state index is 5.98. The third-order valence-corrected chi connectivity index (χ3v) is 3.32. The monoisotopic (exact) mass is 212 g/mol. The van der Waals surface area contributed by atoms with Gasteiger partial charge in [-0.3, -0.25) is 11.3 Å². The predicted octanol–water partition coefficient (Wildman–Crippen LogP) is 2.13. The third-order valence-electron chi connectivity index (χ3n) is 3.32. The maximum absolute atomic E-state index is 5.98. The molecule has 0 saturated heterocycles. The van der Waals surface area contributed by atoms with Gasteiger partial charge >= 0.3 is 0 Å². The summed E-state index contributed by atoms with van der Waals surface area (Å²) in [6, 6.07) is 0.0812. The summed E-state index contributed by atoms with van der Waals surface area (Å²) >= 11 is 0. The van der Waals surface area contributed by atoms with Gasteiger partial charge in [-0.05, 0) is 26.7 Å². The van der Waals surface area contributed by atoms with Gasteiger partial charge in [0.2, 0.25) is 0 Å². The van der Waals surface area contributed by atoms with Gasteiger partial charge < -0.3 is 4.74 Å². The summed E-state index contributed by atoms with van der Waals surface area (Å²) in [5, 5.41) is 0. The van der Waals surface area contributed by atoms with Crippen LogP contribution in [-0.4, -0.2) is 18.2 Å². The van der Waals surface area contributed by atoms with E-state index in [1.807, 2.05) is 13.8 Å². The normalized spacial score (nSPS) is 22.3. The number of nitrogens with two attached hydrogens (primary N) is 1. The van der Waals surface area contributed by atoms with Gasteiger partial charge in [0.25, 0.3) is 0 Å². The zero-order valence-electron chi connectivity index (χ0n) is 10.0. The van der Waals surface area contributed by atoms with E-state index in [0.29, 0.717) is 0 Å². The van der Waals surface area contributed by atoms with Crippen molar-refractivity contribution in [2.24, 2.45) is 5.84 Å². The lowest BCUT2D eigenvalue weighted by atomic mass is 9.77. The van der Waals surface area contributed by atoms with Gasteiger partial charge in [-0.15, -0.1) is 0 Å². The van der Waals surface area contributed by atoms with Crippen LogP contribution in [0.5, 0.6) is 0 Å². The molecule has 0 aromatic heterocycles. The van der Waals surface area contributed by atoms with Crippen LogP contribution in [-0.2, 0) is 4.74 Å². The van der Waals surface area contributed by atoms with Gasteiger partial charge in [-0.2, -0.15) is 0 Å². The smallest absolute Gasteiger partial charge is 0.0885 e. The summed E-state index contributed by atoms with van der Waals surface area (Å²) in [6.45, 7) is 8.81. The van der Waals surface area contributed by atoms with Gasteiger partial charge in [0.05, 0.1) is 11.6 Å². The van der Waals surface area contributed by atoms with E-state index in [1.165, 1.54) is 19.3 Å². The summed E-state index contributed by atoms with van der Waals surface area (Å²) in [6.07, 6.45) is 5.93. The number of rotatable bonds is 5. The van der Waals surface area contributed by atoms with E-state index >= 15 is 0 Å². The van der Waals surface area contributed by atoms with Crippen molar-refractivity contribution in [1.29, 1.82) is 0 Å². The molecule has 0 spiro atoms. The summed E-state index contributed by atoms with van der Waals surface area (Å²) in [4.78, 5) is 0. The summed E-state index contributed by atoms with van der Waals surface area (Å²) in [5.41, 5.74) is 3.82. The molecule has 0 radical (unpaired) electrons. The quantitative estimate of drug-likeness (QED) is 0.417. The van der Waals surface area contributed by atoms with Crippen LogP contribution in [0.15, 0.2) is 12.2 Å². The van der Waals surface area contributed by atoms with Crippen molar-refractivity contribution >= 4 is 0 Å². The number of nitrogens with one attached hydrogen (secondary N) is 1. The van der Waals surface area contributed by atoms with Crippen molar-refractivity contribution in [1.82, 2.24) is 5.43 Å². The van der Waals surface area contributed by atoms with E-state index in [0.717, 1.165) is 25.0 Å². The first-order valence-electron chi connectivity index (χ1n) is 5.92.